The standard InChI is InChI=1S/2C11H14N2O3/c2*1-16-9-4-5-10(13(14)15)11(8-9)12-6-2-3-7-12/h2*4-5,8H,2-3,6-7H2,1H3. The van der Waals surface area contributed by atoms with Crippen LogP contribution in [-0.2, 0) is 0 Å². The van der Waals surface area contributed by atoms with E-state index in [1.807, 2.05) is 9.80 Å². The van der Waals surface area contributed by atoms with Crippen LogP contribution in [0, 0.1) is 20.2 Å². The molecule has 2 aliphatic heterocycles. The van der Waals surface area contributed by atoms with Crippen molar-refractivity contribution < 1.29 is 19.3 Å². The van der Waals surface area contributed by atoms with Gasteiger partial charge in [0.25, 0.3) is 11.4 Å². The van der Waals surface area contributed by atoms with Crippen molar-refractivity contribution in [3.8, 4) is 11.5 Å². The quantitative estimate of drug-likeness (QED) is 0.476. The highest BCUT2D eigenvalue weighted by Crippen LogP contribution is 2.35. The van der Waals surface area contributed by atoms with Crippen LogP contribution in [0.25, 0.3) is 0 Å². The lowest BCUT2D eigenvalue weighted by Crippen LogP contribution is -2.18. The van der Waals surface area contributed by atoms with E-state index in [4.69, 9.17) is 9.47 Å². The lowest BCUT2D eigenvalue weighted by molar-refractivity contribution is -0.384. The molecule has 2 saturated heterocycles. The SMILES string of the molecule is COc1ccc([N+](=O)[O-])c(N2CCCC2)c1.COc1ccc([N+](=O)[O-])c(N2CCCC2)c1. The zero-order valence-corrected chi connectivity index (χ0v) is 18.4. The van der Waals surface area contributed by atoms with Crippen LogP contribution in [0.2, 0.25) is 0 Å². The second kappa shape index (κ2) is 10.7. The van der Waals surface area contributed by atoms with Crippen molar-refractivity contribution in [2.75, 3.05) is 50.2 Å². The molecule has 2 aromatic rings. The summed E-state index contributed by atoms with van der Waals surface area (Å²) in [6, 6.07) is 9.74. The van der Waals surface area contributed by atoms with Gasteiger partial charge in [-0.1, -0.05) is 0 Å². The van der Waals surface area contributed by atoms with Gasteiger partial charge in [0.1, 0.15) is 22.9 Å². The number of rotatable bonds is 6. The van der Waals surface area contributed by atoms with Crippen LogP contribution in [-0.4, -0.2) is 50.2 Å². The van der Waals surface area contributed by atoms with Crippen LogP contribution < -0.4 is 19.3 Å². The lowest BCUT2D eigenvalue weighted by Gasteiger charge is -2.17. The molecule has 0 bridgehead atoms. The molecule has 0 aromatic heterocycles. The van der Waals surface area contributed by atoms with Crippen LogP contribution in [0.1, 0.15) is 25.7 Å². The predicted molar refractivity (Wildman–Crippen MR) is 122 cm³/mol. The van der Waals surface area contributed by atoms with E-state index in [1.54, 1.807) is 38.5 Å². The van der Waals surface area contributed by atoms with Crippen molar-refractivity contribution in [2.24, 2.45) is 0 Å². The highest BCUT2D eigenvalue weighted by molar-refractivity contribution is 5.67. The molecule has 10 heteroatoms. The molecule has 2 heterocycles. The second-order valence-corrected chi connectivity index (χ2v) is 7.61. The van der Waals surface area contributed by atoms with E-state index in [0.29, 0.717) is 22.9 Å². The molecule has 0 unspecified atom stereocenters. The maximum absolute atomic E-state index is 10.9. The Morgan fingerprint density at radius 3 is 1.31 bits per heavy atom. The highest BCUT2D eigenvalue weighted by atomic mass is 16.6. The number of anilines is 2. The summed E-state index contributed by atoms with van der Waals surface area (Å²) in [5.41, 5.74) is 1.65. The number of nitro groups is 2. The van der Waals surface area contributed by atoms with Crippen molar-refractivity contribution in [3.05, 3.63) is 56.6 Å². The molecule has 0 atom stereocenters. The third kappa shape index (κ3) is 5.37. The fraction of sp³-hybridized carbons (Fsp3) is 0.455. The Kier molecular flexibility index (Phi) is 7.69. The maximum Gasteiger partial charge on any atom is 0.292 e. The van der Waals surface area contributed by atoms with Crippen molar-refractivity contribution in [2.45, 2.75) is 25.7 Å². The van der Waals surface area contributed by atoms with E-state index >= 15 is 0 Å². The molecule has 2 fully saturated rings. The summed E-state index contributed by atoms with van der Waals surface area (Å²) in [5.74, 6) is 1.32. The minimum atomic E-state index is -0.340. The zero-order chi connectivity index (χ0) is 23.1. The molecule has 0 amide bonds. The molecule has 0 saturated carbocycles. The molecule has 0 aliphatic carbocycles. The van der Waals surface area contributed by atoms with Crippen LogP contribution in [0.3, 0.4) is 0 Å². The Bertz CT molecular complexity index is 878. The van der Waals surface area contributed by atoms with E-state index < -0.39 is 0 Å². The number of methoxy groups -OCH3 is 2. The molecule has 0 radical (unpaired) electrons. The van der Waals surface area contributed by atoms with Crippen molar-refractivity contribution in [3.63, 3.8) is 0 Å². The molecule has 2 aromatic carbocycles. The first-order chi connectivity index (χ1) is 15.4. The molecular formula is C22H28N4O6. The minimum Gasteiger partial charge on any atom is -0.497 e. The maximum atomic E-state index is 10.9. The third-order valence-electron chi connectivity index (χ3n) is 5.65. The molecule has 10 nitrogen and oxygen atoms in total. The van der Waals surface area contributed by atoms with Crippen LogP contribution >= 0.6 is 0 Å². The Morgan fingerprint density at radius 2 is 1.03 bits per heavy atom. The van der Waals surface area contributed by atoms with Gasteiger partial charge in [-0.25, -0.2) is 0 Å². The van der Waals surface area contributed by atoms with Gasteiger partial charge in [-0.3, -0.25) is 20.2 Å². The summed E-state index contributed by atoms with van der Waals surface area (Å²) in [4.78, 5) is 25.2. The van der Waals surface area contributed by atoms with Gasteiger partial charge < -0.3 is 19.3 Å². The Balaban J connectivity index is 0.000000181. The normalized spacial score (nSPS) is 15.2. The number of nitro benzene ring substituents is 2. The van der Waals surface area contributed by atoms with Crippen LogP contribution in [0.15, 0.2) is 36.4 Å². The monoisotopic (exact) mass is 444 g/mol. The van der Waals surface area contributed by atoms with E-state index in [9.17, 15) is 20.2 Å². The number of hydrogen-bond donors (Lipinski definition) is 0. The van der Waals surface area contributed by atoms with Gasteiger partial charge in [-0.2, -0.15) is 0 Å². The van der Waals surface area contributed by atoms with E-state index in [0.717, 1.165) is 51.9 Å². The fourth-order valence-electron chi connectivity index (χ4n) is 3.99. The van der Waals surface area contributed by atoms with Gasteiger partial charge in [0.2, 0.25) is 0 Å². The predicted octanol–water partition coefficient (Wildman–Crippen LogP) is 4.41. The van der Waals surface area contributed by atoms with Gasteiger partial charge in [-0.15, -0.1) is 0 Å². The smallest absolute Gasteiger partial charge is 0.292 e. The third-order valence-corrected chi connectivity index (χ3v) is 5.65. The van der Waals surface area contributed by atoms with Gasteiger partial charge in [0.05, 0.1) is 24.1 Å². The molecular weight excluding hydrogens is 416 g/mol. The number of ether oxygens (including phenoxy) is 2. The first kappa shape index (κ1) is 23.1. The Morgan fingerprint density at radius 1 is 0.688 bits per heavy atom. The van der Waals surface area contributed by atoms with Gasteiger partial charge >= 0.3 is 0 Å². The number of hydrogen-bond acceptors (Lipinski definition) is 8. The van der Waals surface area contributed by atoms with Crippen molar-refractivity contribution in [1.82, 2.24) is 0 Å². The highest BCUT2D eigenvalue weighted by Gasteiger charge is 2.23. The van der Waals surface area contributed by atoms with Gasteiger partial charge in [-0.05, 0) is 37.8 Å². The van der Waals surface area contributed by atoms with Crippen molar-refractivity contribution >= 4 is 22.7 Å². The van der Waals surface area contributed by atoms with E-state index in [-0.39, 0.29) is 21.2 Å². The molecule has 2 aliphatic rings. The summed E-state index contributed by atoms with van der Waals surface area (Å²) < 4.78 is 10.2. The minimum absolute atomic E-state index is 0.155. The summed E-state index contributed by atoms with van der Waals surface area (Å²) in [7, 11) is 3.13. The molecule has 172 valence electrons. The summed E-state index contributed by atoms with van der Waals surface area (Å²) in [6.07, 6.45) is 4.37. The first-order valence-corrected chi connectivity index (χ1v) is 10.6. The molecule has 0 N–H and O–H groups in total. The van der Waals surface area contributed by atoms with Gasteiger partial charge in [0.15, 0.2) is 0 Å². The lowest BCUT2D eigenvalue weighted by atomic mass is 10.2. The largest absolute Gasteiger partial charge is 0.497 e. The summed E-state index contributed by atoms with van der Waals surface area (Å²) >= 11 is 0. The molecule has 4 rings (SSSR count). The van der Waals surface area contributed by atoms with E-state index in [2.05, 4.69) is 0 Å². The topological polar surface area (TPSA) is 111 Å². The number of nitrogens with zero attached hydrogens (tertiary/aromatic N) is 4. The summed E-state index contributed by atoms with van der Waals surface area (Å²) in [6.45, 7) is 3.53. The Labute approximate surface area is 186 Å². The van der Waals surface area contributed by atoms with Crippen molar-refractivity contribution in [1.29, 1.82) is 0 Å². The average molecular weight is 444 g/mol. The second-order valence-electron chi connectivity index (χ2n) is 7.61. The summed E-state index contributed by atoms with van der Waals surface area (Å²) in [5, 5.41) is 21.8. The van der Waals surface area contributed by atoms with Crippen LogP contribution in [0.4, 0.5) is 22.7 Å². The number of benzene rings is 2. The molecule has 32 heavy (non-hydrogen) atoms. The fourth-order valence-corrected chi connectivity index (χ4v) is 3.99. The van der Waals surface area contributed by atoms with E-state index in [1.165, 1.54) is 12.1 Å². The average Bonchev–Trinajstić information content (AvgIpc) is 3.53. The van der Waals surface area contributed by atoms with Crippen LogP contribution in [0.5, 0.6) is 11.5 Å². The zero-order valence-electron chi connectivity index (χ0n) is 18.4. The Hall–Kier alpha value is -3.56. The first-order valence-electron chi connectivity index (χ1n) is 10.6. The molecule has 0 spiro atoms. The van der Waals surface area contributed by atoms with Gasteiger partial charge in [0, 0.05) is 50.4 Å².